The van der Waals surface area contributed by atoms with Crippen LogP contribution in [0.5, 0.6) is 0 Å². The smallest absolute Gasteiger partial charge is 0.127 e. The monoisotopic (exact) mass is 302 g/mol. The number of nitrogens with zero attached hydrogens (tertiary/aromatic N) is 1. The molecule has 1 saturated heterocycles. The fourth-order valence-electron chi connectivity index (χ4n) is 3.89. The molecule has 6 atom stereocenters. The highest BCUT2D eigenvalue weighted by Gasteiger charge is 2.52. The number of nitrogens with two attached hydrogens (primary N) is 1. The van der Waals surface area contributed by atoms with Gasteiger partial charge in [0.05, 0.1) is 6.04 Å². The van der Waals surface area contributed by atoms with Crippen LogP contribution in [0, 0.1) is 5.92 Å². The summed E-state index contributed by atoms with van der Waals surface area (Å²) in [6.45, 7) is 2.26. The molecule has 0 amide bonds. The van der Waals surface area contributed by atoms with Crippen LogP contribution in [0.4, 0.5) is 0 Å². The maximum absolute atomic E-state index is 11.1. The van der Waals surface area contributed by atoms with Gasteiger partial charge in [-0.2, -0.15) is 11.8 Å². The lowest BCUT2D eigenvalue weighted by Gasteiger charge is -2.38. The number of hydrogen-bond donors (Lipinski definition) is 2. The second kappa shape index (κ2) is 5.12. The van der Waals surface area contributed by atoms with Crippen molar-refractivity contribution in [2.24, 2.45) is 16.6 Å². The van der Waals surface area contributed by atoms with Gasteiger partial charge in [-0.05, 0) is 38.5 Å². The van der Waals surface area contributed by atoms with Crippen LogP contribution < -0.4 is 5.73 Å². The molecule has 19 heavy (non-hydrogen) atoms. The molecular formula is C14H23ClN2OS. The van der Waals surface area contributed by atoms with Crippen molar-refractivity contribution < 1.29 is 5.11 Å². The van der Waals surface area contributed by atoms with E-state index in [-0.39, 0.29) is 17.3 Å². The molecule has 2 fully saturated rings. The molecule has 108 valence electrons. The number of amidine groups is 1. The lowest BCUT2D eigenvalue weighted by molar-refractivity contribution is 0.0269. The molecule has 0 aromatic rings. The van der Waals surface area contributed by atoms with Gasteiger partial charge in [-0.15, -0.1) is 11.6 Å². The number of alkyl halides is 1. The molecule has 5 heteroatoms. The Balaban J connectivity index is 1.75. The number of aliphatic imine (C=N–C) groups is 1. The van der Waals surface area contributed by atoms with Gasteiger partial charge in [-0.1, -0.05) is 6.92 Å². The summed E-state index contributed by atoms with van der Waals surface area (Å²) in [5.74, 6) is 0.605. The van der Waals surface area contributed by atoms with Crippen molar-refractivity contribution in [1.29, 1.82) is 0 Å². The Labute approximate surface area is 124 Å². The fourth-order valence-corrected chi connectivity index (χ4v) is 5.76. The summed E-state index contributed by atoms with van der Waals surface area (Å²) in [5.41, 5.74) is 5.18. The van der Waals surface area contributed by atoms with Crippen molar-refractivity contribution in [2.75, 3.05) is 0 Å². The normalized spacial score (nSPS) is 50.1. The van der Waals surface area contributed by atoms with E-state index in [9.17, 15) is 5.11 Å². The zero-order chi connectivity index (χ0) is 13.6. The van der Waals surface area contributed by atoms with Crippen LogP contribution in [0.15, 0.2) is 4.99 Å². The van der Waals surface area contributed by atoms with Crippen LogP contribution in [0.2, 0.25) is 0 Å². The molecule has 3 aliphatic rings. The van der Waals surface area contributed by atoms with Gasteiger partial charge in [0.15, 0.2) is 0 Å². The highest BCUT2D eigenvalue weighted by atomic mass is 35.5. The number of hydrogen-bond acceptors (Lipinski definition) is 4. The Bertz CT molecular complexity index is 392. The lowest BCUT2D eigenvalue weighted by atomic mass is 9.73. The van der Waals surface area contributed by atoms with Gasteiger partial charge >= 0.3 is 0 Å². The molecule has 0 spiro atoms. The summed E-state index contributed by atoms with van der Waals surface area (Å²) in [4.78, 5) is 4.54. The molecule has 1 aliphatic carbocycles. The summed E-state index contributed by atoms with van der Waals surface area (Å²) in [5, 5.41) is 12.5. The van der Waals surface area contributed by atoms with Gasteiger partial charge in [-0.3, -0.25) is 4.99 Å². The average molecular weight is 303 g/mol. The summed E-state index contributed by atoms with van der Waals surface area (Å²) in [6, 6.07) is 0.198. The minimum atomic E-state index is -0.903. The van der Waals surface area contributed by atoms with E-state index in [0.717, 1.165) is 25.7 Å². The SMILES string of the molecule is CC1CCC(CC2(O)C(N)=NC3CCC(Cl)CC32)S1. The average Bonchev–Trinajstić information content (AvgIpc) is 2.85. The Hall–Kier alpha value is 0.0700. The minimum Gasteiger partial charge on any atom is -0.385 e. The Morgan fingerprint density at radius 1 is 1.42 bits per heavy atom. The largest absolute Gasteiger partial charge is 0.385 e. The van der Waals surface area contributed by atoms with Crippen LogP contribution in [0.25, 0.3) is 0 Å². The van der Waals surface area contributed by atoms with E-state index in [4.69, 9.17) is 17.3 Å². The zero-order valence-electron chi connectivity index (χ0n) is 11.4. The van der Waals surface area contributed by atoms with Crippen molar-refractivity contribution >= 4 is 29.2 Å². The first-order valence-corrected chi connectivity index (χ1v) is 8.72. The van der Waals surface area contributed by atoms with Gasteiger partial charge in [0.2, 0.25) is 0 Å². The number of aliphatic hydroxyl groups is 1. The summed E-state index contributed by atoms with van der Waals surface area (Å²) < 4.78 is 0. The first-order valence-electron chi connectivity index (χ1n) is 7.34. The van der Waals surface area contributed by atoms with E-state index < -0.39 is 5.60 Å². The van der Waals surface area contributed by atoms with Crippen LogP contribution in [-0.4, -0.2) is 38.5 Å². The second-order valence-electron chi connectivity index (χ2n) is 6.37. The van der Waals surface area contributed by atoms with Crippen LogP contribution in [0.3, 0.4) is 0 Å². The highest BCUT2D eigenvalue weighted by molar-refractivity contribution is 8.00. The lowest BCUT2D eigenvalue weighted by Crippen LogP contribution is -2.51. The van der Waals surface area contributed by atoms with E-state index in [1.165, 1.54) is 12.8 Å². The van der Waals surface area contributed by atoms with Gasteiger partial charge in [0, 0.05) is 21.8 Å². The third-order valence-corrected chi connectivity index (χ3v) is 6.85. The van der Waals surface area contributed by atoms with Gasteiger partial charge < -0.3 is 10.8 Å². The van der Waals surface area contributed by atoms with E-state index >= 15 is 0 Å². The number of fused-ring (bicyclic) bond motifs is 1. The maximum Gasteiger partial charge on any atom is 0.127 e. The van der Waals surface area contributed by atoms with Crippen molar-refractivity contribution in [2.45, 2.75) is 73.0 Å². The topological polar surface area (TPSA) is 58.6 Å². The van der Waals surface area contributed by atoms with E-state index in [0.29, 0.717) is 16.3 Å². The molecule has 3 N–H and O–H groups in total. The molecule has 0 aromatic heterocycles. The molecular weight excluding hydrogens is 280 g/mol. The predicted molar refractivity (Wildman–Crippen MR) is 82.0 cm³/mol. The minimum absolute atomic E-state index is 0.139. The molecule has 0 radical (unpaired) electrons. The van der Waals surface area contributed by atoms with E-state index in [2.05, 4.69) is 11.9 Å². The number of rotatable bonds is 2. The van der Waals surface area contributed by atoms with Crippen LogP contribution >= 0.6 is 23.4 Å². The van der Waals surface area contributed by atoms with Crippen molar-refractivity contribution in [3.8, 4) is 0 Å². The second-order valence-corrected chi connectivity index (χ2v) is 8.73. The molecule has 0 bridgehead atoms. The number of halogens is 1. The summed E-state index contributed by atoms with van der Waals surface area (Å²) in [7, 11) is 0. The van der Waals surface area contributed by atoms with Crippen molar-refractivity contribution in [3.05, 3.63) is 0 Å². The predicted octanol–water partition coefficient (Wildman–Crippen LogP) is 2.54. The van der Waals surface area contributed by atoms with Crippen LogP contribution in [-0.2, 0) is 0 Å². The Morgan fingerprint density at radius 2 is 2.21 bits per heavy atom. The van der Waals surface area contributed by atoms with Gasteiger partial charge in [0.1, 0.15) is 11.4 Å². The first-order chi connectivity index (χ1) is 8.99. The Morgan fingerprint density at radius 3 is 2.89 bits per heavy atom. The standard InChI is InChI=1S/C14H23ClN2OS/c1-8-2-4-10(19-8)7-14(18)11-6-9(15)3-5-12(11)17-13(14)16/h8-12,18H,2-7H2,1H3,(H2,16,17). The fraction of sp³-hybridized carbons (Fsp3) is 0.929. The van der Waals surface area contributed by atoms with Crippen LogP contribution in [0.1, 0.15) is 45.4 Å². The summed E-state index contributed by atoms with van der Waals surface area (Å²) >= 11 is 8.28. The number of thioether (sulfide) groups is 1. The molecule has 1 saturated carbocycles. The first kappa shape index (κ1) is 14.0. The van der Waals surface area contributed by atoms with Gasteiger partial charge in [0.25, 0.3) is 0 Å². The highest BCUT2D eigenvalue weighted by Crippen LogP contribution is 2.47. The molecule has 0 aromatic carbocycles. The summed E-state index contributed by atoms with van der Waals surface area (Å²) in [6.07, 6.45) is 5.99. The third kappa shape index (κ3) is 2.52. The van der Waals surface area contributed by atoms with Crippen molar-refractivity contribution in [1.82, 2.24) is 0 Å². The quantitative estimate of drug-likeness (QED) is 0.771. The maximum atomic E-state index is 11.1. The molecule has 2 heterocycles. The van der Waals surface area contributed by atoms with E-state index in [1.807, 2.05) is 11.8 Å². The Kier molecular flexibility index (Phi) is 3.78. The molecule has 6 unspecified atom stereocenters. The molecule has 3 rings (SSSR count). The van der Waals surface area contributed by atoms with E-state index in [1.54, 1.807) is 0 Å². The third-order valence-electron chi connectivity index (χ3n) is 4.97. The molecule has 3 nitrogen and oxygen atoms in total. The molecule has 2 aliphatic heterocycles. The van der Waals surface area contributed by atoms with Gasteiger partial charge in [-0.25, -0.2) is 0 Å². The van der Waals surface area contributed by atoms with Crippen molar-refractivity contribution in [3.63, 3.8) is 0 Å². The zero-order valence-corrected chi connectivity index (χ0v) is 13.0.